The van der Waals surface area contributed by atoms with Gasteiger partial charge in [-0.15, -0.1) is 0 Å². The average Bonchev–Trinajstić information content (AvgIpc) is 2.97. The van der Waals surface area contributed by atoms with E-state index in [1.54, 1.807) is 18.2 Å². The van der Waals surface area contributed by atoms with E-state index in [0.717, 1.165) is 0 Å². The quantitative estimate of drug-likeness (QED) is 0.780. The highest BCUT2D eigenvalue weighted by Crippen LogP contribution is 2.26. The van der Waals surface area contributed by atoms with Crippen molar-refractivity contribution in [2.24, 2.45) is 0 Å². The summed E-state index contributed by atoms with van der Waals surface area (Å²) in [4.78, 5) is 4.15. The predicted molar refractivity (Wildman–Crippen MR) is 71.5 cm³/mol. The van der Waals surface area contributed by atoms with Crippen LogP contribution in [-0.4, -0.2) is 15.2 Å². The molecule has 0 spiro atoms. The molecule has 0 fully saturated rings. The van der Waals surface area contributed by atoms with Gasteiger partial charge in [0.15, 0.2) is 0 Å². The molecule has 102 valence electrons. The second kappa shape index (κ2) is 5.06. The molecule has 0 atom stereocenters. The highest BCUT2D eigenvalue weighted by Gasteiger charge is 2.16. The lowest BCUT2D eigenvalue weighted by molar-refractivity contribution is 0.432. The van der Waals surface area contributed by atoms with E-state index in [0.29, 0.717) is 5.56 Å². The summed E-state index contributed by atoms with van der Waals surface area (Å²) in [5.41, 5.74) is 0.742. The van der Waals surface area contributed by atoms with E-state index in [4.69, 9.17) is 9.78 Å². The van der Waals surface area contributed by atoms with Crippen molar-refractivity contribution in [1.29, 1.82) is 5.26 Å². The molecule has 1 aromatic heterocycles. The normalized spacial score (nSPS) is 10.3. The van der Waals surface area contributed by atoms with E-state index in [9.17, 15) is 9.50 Å². The minimum absolute atomic E-state index is 0.0640. The van der Waals surface area contributed by atoms with Gasteiger partial charge in [0.2, 0.25) is 5.82 Å². The van der Waals surface area contributed by atoms with Crippen LogP contribution in [0.5, 0.6) is 5.75 Å². The van der Waals surface area contributed by atoms with Crippen molar-refractivity contribution in [3.8, 4) is 34.7 Å². The number of rotatable bonds is 2. The molecule has 2 aromatic carbocycles. The van der Waals surface area contributed by atoms with Crippen LogP contribution in [0.25, 0.3) is 22.8 Å². The van der Waals surface area contributed by atoms with Crippen molar-refractivity contribution in [1.82, 2.24) is 10.1 Å². The van der Waals surface area contributed by atoms with Crippen LogP contribution in [0.15, 0.2) is 47.0 Å². The maximum Gasteiger partial charge on any atom is 0.259 e. The minimum Gasteiger partial charge on any atom is -0.508 e. The second-order valence-electron chi connectivity index (χ2n) is 4.24. The number of phenols is 1. The molecule has 0 aliphatic rings. The molecule has 0 saturated carbocycles. The summed E-state index contributed by atoms with van der Waals surface area (Å²) in [6.45, 7) is 0. The third kappa shape index (κ3) is 2.32. The van der Waals surface area contributed by atoms with E-state index >= 15 is 0 Å². The van der Waals surface area contributed by atoms with Crippen LogP contribution in [0, 0.1) is 17.1 Å². The van der Waals surface area contributed by atoms with Crippen LogP contribution >= 0.6 is 0 Å². The first-order valence-corrected chi connectivity index (χ1v) is 6.01. The van der Waals surface area contributed by atoms with Gasteiger partial charge in [-0.2, -0.15) is 10.2 Å². The molecule has 0 aliphatic heterocycles. The molecule has 0 amide bonds. The Morgan fingerprint density at radius 1 is 1.14 bits per heavy atom. The smallest absolute Gasteiger partial charge is 0.259 e. The van der Waals surface area contributed by atoms with Crippen molar-refractivity contribution in [3.63, 3.8) is 0 Å². The Kier molecular flexibility index (Phi) is 3.09. The van der Waals surface area contributed by atoms with Gasteiger partial charge in [0, 0.05) is 5.56 Å². The van der Waals surface area contributed by atoms with Crippen molar-refractivity contribution in [3.05, 3.63) is 53.8 Å². The molecule has 1 heterocycles. The number of phenolic OH excluding ortho intramolecular Hbond substituents is 1. The first-order chi connectivity index (χ1) is 10.2. The topological polar surface area (TPSA) is 82.9 Å². The highest BCUT2D eigenvalue weighted by molar-refractivity contribution is 5.66. The number of nitrogens with zero attached hydrogens (tertiary/aromatic N) is 3. The van der Waals surface area contributed by atoms with E-state index in [-0.39, 0.29) is 28.6 Å². The number of hydrogen-bond donors (Lipinski definition) is 1. The molecule has 6 heteroatoms. The Morgan fingerprint density at radius 2 is 1.90 bits per heavy atom. The van der Waals surface area contributed by atoms with Gasteiger partial charge < -0.3 is 9.63 Å². The van der Waals surface area contributed by atoms with Crippen LogP contribution in [-0.2, 0) is 0 Å². The maximum absolute atomic E-state index is 13.6. The average molecular weight is 281 g/mol. The summed E-state index contributed by atoms with van der Waals surface area (Å²) in [6, 6.07) is 12.2. The summed E-state index contributed by atoms with van der Waals surface area (Å²) in [6.07, 6.45) is 0. The largest absolute Gasteiger partial charge is 0.508 e. The lowest BCUT2D eigenvalue weighted by Gasteiger charge is -1.98. The van der Waals surface area contributed by atoms with Crippen LogP contribution in [0.3, 0.4) is 0 Å². The Morgan fingerprint density at radius 3 is 2.62 bits per heavy atom. The molecule has 1 N–H and O–H groups in total. The van der Waals surface area contributed by atoms with Crippen molar-refractivity contribution < 1.29 is 14.0 Å². The molecule has 0 bridgehead atoms. The number of aromatic nitrogens is 2. The Bertz CT molecular complexity index is 835. The van der Waals surface area contributed by atoms with E-state index in [1.165, 1.54) is 30.3 Å². The standard InChI is InChI=1S/C15H8FN3O2/c16-13-3-1-2-11(12(13)8-17)15-18-14(19-21-15)9-4-6-10(20)7-5-9/h1-7,20H. The Hall–Kier alpha value is -3.20. The third-order valence-electron chi connectivity index (χ3n) is 2.91. The van der Waals surface area contributed by atoms with Crippen molar-refractivity contribution >= 4 is 0 Å². The fraction of sp³-hybridized carbons (Fsp3) is 0. The monoisotopic (exact) mass is 281 g/mol. The van der Waals surface area contributed by atoms with E-state index in [2.05, 4.69) is 10.1 Å². The molecule has 0 radical (unpaired) electrons. The first kappa shape index (κ1) is 12.8. The predicted octanol–water partition coefficient (Wildman–Crippen LogP) is 3.12. The summed E-state index contributed by atoms with van der Waals surface area (Å²) < 4.78 is 18.7. The van der Waals surface area contributed by atoms with Gasteiger partial charge in [-0.05, 0) is 36.4 Å². The number of benzene rings is 2. The molecular formula is C15H8FN3O2. The third-order valence-corrected chi connectivity index (χ3v) is 2.91. The van der Waals surface area contributed by atoms with Gasteiger partial charge in [-0.1, -0.05) is 11.2 Å². The maximum atomic E-state index is 13.6. The molecule has 3 aromatic rings. The van der Waals surface area contributed by atoms with Crippen LogP contribution in [0.1, 0.15) is 5.56 Å². The van der Waals surface area contributed by atoms with Gasteiger partial charge in [0.05, 0.1) is 5.56 Å². The first-order valence-electron chi connectivity index (χ1n) is 6.01. The van der Waals surface area contributed by atoms with Crippen LogP contribution in [0.2, 0.25) is 0 Å². The van der Waals surface area contributed by atoms with Gasteiger partial charge in [0.25, 0.3) is 5.89 Å². The SMILES string of the molecule is N#Cc1c(F)cccc1-c1nc(-c2ccc(O)cc2)no1. The molecule has 0 saturated heterocycles. The zero-order valence-electron chi connectivity index (χ0n) is 10.6. The molecule has 5 nitrogen and oxygen atoms in total. The van der Waals surface area contributed by atoms with Crippen LogP contribution < -0.4 is 0 Å². The molecule has 21 heavy (non-hydrogen) atoms. The Labute approximate surface area is 118 Å². The molecular weight excluding hydrogens is 273 g/mol. The van der Waals surface area contributed by atoms with Crippen LogP contribution in [0.4, 0.5) is 4.39 Å². The number of halogens is 1. The fourth-order valence-electron chi connectivity index (χ4n) is 1.88. The number of hydrogen-bond acceptors (Lipinski definition) is 5. The van der Waals surface area contributed by atoms with Gasteiger partial charge in [0.1, 0.15) is 23.2 Å². The van der Waals surface area contributed by atoms with Crippen molar-refractivity contribution in [2.75, 3.05) is 0 Å². The van der Waals surface area contributed by atoms with E-state index in [1.807, 2.05) is 0 Å². The van der Waals surface area contributed by atoms with Gasteiger partial charge >= 0.3 is 0 Å². The summed E-state index contributed by atoms with van der Waals surface area (Å²) in [5, 5.41) is 22.0. The summed E-state index contributed by atoms with van der Waals surface area (Å²) >= 11 is 0. The minimum atomic E-state index is -0.639. The number of aromatic hydroxyl groups is 1. The lowest BCUT2D eigenvalue weighted by atomic mass is 10.1. The molecule has 0 aliphatic carbocycles. The zero-order chi connectivity index (χ0) is 14.8. The summed E-state index contributed by atoms with van der Waals surface area (Å²) in [7, 11) is 0. The molecule has 3 rings (SSSR count). The molecule has 0 unspecified atom stereocenters. The number of nitriles is 1. The zero-order valence-corrected chi connectivity index (χ0v) is 10.6. The lowest BCUT2D eigenvalue weighted by Crippen LogP contribution is -1.89. The van der Waals surface area contributed by atoms with E-state index < -0.39 is 5.82 Å². The highest BCUT2D eigenvalue weighted by atomic mass is 19.1. The summed E-state index contributed by atoms with van der Waals surface area (Å²) in [5.74, 6) is -0.161. The van der Waals surface area contributed by atoms with Crippen molar-refractivity contribution in [2.45, 2.75) is 0 Å². The Balaban J connectivity index is 2.05. The van der Waals surface area contributed by atoms with Gasteiger partial charge in [-0.25, -0.2) is 4.39 Å². The fourth-order valence-corrected chi connectivity index (χ4v) is 1.88. The second-order valence-corrected chi connectivity index (χ2v) is 4.24. The van der Waals surface area contributed by atoms with Gasteiger partial charge in [-0.3, -0.25) is 0 Å².